The molecule has 0 bridgehead atoms. The van der Waals surface area contributed by atoms with Gasteiger partial charge in [0.15, 0.2) is 12.2 Å². The molecular weight excluding hydrogens is 831 g/mol. The normalized spacial score (nSPS) is 14.8. The van der Waals surface area contributed by atoms with Crippen molar-refractivity contribution in [1.29, 1.82) is 0 Å². The second kappa shape index (κ2) is 41.9. The zero-order chi connectivity index (χ0) is 47.6. The van der Waals surface area contributed by atoms with Gasteiger partial charge in [-0.2, -0.15) is 0 Å². The maximum atomic E-state index is 13.2. The Morgan fingerprint density at radius 1 is 0.385 bits per heavy atom. The molecule has 0 saturated carbocycles. The van der Waals surface area contributed by atoms with Crippen LogP contribution in [-0.2, 0) is 57.2 Å². The average molecular weight is 923 g/mol. The molecule has 376 valence electrons. The number of carbonyl (C=O) groups is 6. The summed E-state index contributed by atoms with van der Waals surface area (Å²) in [5.74, 6) is -3.50. The minimum atomic E-state index is -0.609. The molecule has 0 spiro atoms. The molecule has 1 heterocycles. The van der Waals surface area contributed by atoms with Crippen molar-refractivity contribution in [2.75, 3.05) is 39.5 Å². The lowest BCUT2D eigenvalue weighted by Gasteiger charge is -2.18. The molecule has 1 aliphatic rings. The second-order valence-electron chi connectivity index (χ2n) is 18.1. The van der Waals surface area contributed by atoms with Crippen molar-refractivity contribution in [3.8, 4) is 0 Å². The molecule has 1 rings (SSSR count). The molecular formula is C52H92NO12+. The summed E-state index contributed by atoms with van der Waals surface area (Å²) in [7, 11) is 0. The molecule has 0 radical (unpaired) electrons. The first kappa shape index (κ1) is 59.5. The Morgan fingerprint density at radius 2 is 0.631 bits per heavy atom. The van der Waals surface area contributed by atoms with E-state index in [2.05, 4.69) is 27.7 Å². The van der Waals surface area contributed by atoms with Gasteiger partial charge in [-0.15, -0.1) is 0 Å². The summed E-state index contributed by atoms with van der Waals surface area (Å²) in [5, 5.41) is 1.90. The zero-order valence-corrected chi connectivity index (χ0v) is 41.4. The molecule has 2 atom stereocenters. The SMILES string of the molecule is CCCCCCCCC(=O)OCC(COC(=O)CCCCCCCC)CC(=O)O[C@@H]1C=C[C@H](OC(=O)CC(COC(=O)CCCCCCCC)COC(=O)CCCCCCCC)C[NH2+]C1. The summed E-state index contributed by atoms with van der Waals surface area (Å²) < 4.78 is 33.8. The van der Waals surface area contributed by atoms with E-state index in [1.165, 1.54) is 25.7 Å². The highest BCUT2D eigenvalue weighted by Crippen LogP contribution is 2.16. The van der Waals surface area contributed by atoms with Gasteiger partial charge >= 0.3 is 35.8 Å². The van der Waals surface area contributed by atoms with E-state index in [0.717, 1.165) is 128 Å². The standard InChI is InChI=1S/C52H91NO12/c1-5-9-13-17-21-25-29-47(54)60-39-43(40-61-48(55)30-26-22-18-14-10-6-2)35-51(58)64-45-33-34-46(38-53-37-45)65-52(59)36-44(41-62-49(56)31-27-23-19-15-11-7-3)42-63-50(57)32-28-24-20-16-12-8-4/h33-34,43-46,53H,5-32,35-42H2,1-4H3/p+1/t45-,46+. The maximum absolute atomic E-state index is 13.2. The first-order valence-electron chi connectivity index (χ1n) is 26.1. The summed E-state index contributed by atoms with van der Waals surface area (Å²) in [4.78, 5) is 76.7. The molecule has 0 fully saturated rings. The lowest BCUT2D eigenvalue weighted by Crippen LogP contribution is -2.87. The Morgan fingerprint density at radius 3 is 0.892 bits per heavy atom. The van der Waals surface area contributed by atoms with Gasteiger partial charge in [-0.1, -0.05) is 156 Å². The van der Waals surface area contributed by atoms with Crippen molar-refractivity contribution in [3.63, 3.8) is 0 Å². The van der Waals surface area contributed by atoms with E-state index < -0.39 is 36.0 Å². The monoisotopic (exact) mass is 923 g/mol. The number of hydrogen-bond donors (Lipinski definition) is 1. The molecule has 0 aromatic carbocycles. The van der Waals surface area contributed by atoms with Gasteiger partial charge in [-0.25, -0.2) is 0 Å². The molecule has 0 saturated heterocycles. The van der Waals surface area contributed by atoms with Crippen molar-refractivity contribution in [3.05, 3.63) is 12.2 Å². The van der Waals surface area contributed by atoms with Gasteiger partial charge in [0.2, 0.25) is 0 Å². The van der Waals surface area contributed by atoms with E-state index >= 15 is 0 Å². The van der Waals surface area contributed by atoms with Crippen molar-refractivity contribution in [2.24, 2.45) is 11.8 Å². The minimum absolute atomic E-state index is 0.0592. The lowest BCUT2D eigenvalue weighted by molar-refractivity contribution is -0.662. The summed E-state index contributed by atoms with van der Waals surface area (Å²) in [6.07, 6.45) is 28.3. The van der Waals surface area contributed by atoms with Crippen LogP contribution in [0.2, 0.25) is 0 Å². The van der Waals surface area contributed by atoms with Crippen LogP contribution in [0.15, 0.2) is 12.2 Å². The van der Waals surface area contributed by atoms with E-state index in [1.807, 2.05) is 5.32 Å². The number of carbonyl (C=O) groups excluding carboxylic acids is 6. The van der Waals surface area contributed by atoms with Gasteiger partial charge in [-0.3, -0.25) is 28.8 Å². The predicted octanol–water partition coefficient (Wildman–Crippen LogP) is 10.1. The Bertz CT molecular complexity index is 1130. The summed E-state index contributed by atoms with van der Waals surface area (Å²) in [5.41, 5.74) is 0. The molecule has 2 N–H and O–H groups in total. The Labute approximate surface area is 393 Å². The van der Waals surface area contributed by atoms with Gasteiger partial charge < -0.3 is 33.7 Å². The number of esters is 6. The topological polar surface area (TPSA) is 174 Å². The van der Waals surface area contributed by atoms with Gasteiger partial charge in [0.1, 0.15) is 13.1 Å². The summed E-state index contributed by atoms with van der Waals surface area (Å²) in [6, 6.07) is 0. The van der Waals surface area contributed by atoms with Crippen LogP contribution in [0, 0.1) is 11.8 Å². The van der Waals surface area contributed by atoms with E-state index in [4.69, 9.17) is 28.4 Å². The van der Waals surface area contributed by atoms with Crippen molar-refractivity contribution in [2.45, 2.75) is 233 Å². The molecule has 0 amide bonds. The fourth-order valence-electron chi connectivity index (χ4n) is 7.57. The quantitative estimate of drug-likeness (QED) is 0.0266. The molecule has 0 aromatic rings. The first-order chi connectivity index (χ1) is 31.6. The van der Waals surface area contributed by atoms with Crippen LogP contribution in [0.5, 0.6) is 0 Å². The Hall–Kier alpha value is -3.48. The summed E-state index contributed by atoms with van der Waals surface area (Å²) in [6.45, 7) is 9.21. The third kappa shape index (κ3) is 36.3. The first-order valence-corrected chi connectivity index (χ1v) is 26.1. The minimum Gasteiger partial charge on any atom is -0.465 e. The molecule has 65 heavy (non-hydrogen) atoms. The third-order valence-electron chi connectivity index (χ3n) is 11.7. The fraction of sp³-hybridized carbons (Fsp3) is 0.846. The van der Waals surface area contributed by atoms with Crippen molar-refractivity contribution in [1.82, 2.24) is 0 Å². The number of rotatable bonds is 42. The van der Waals surface area contributed by atoms with E-state index in [-0.39, 0.29) is 63.1 Å². The number of hydrogen-bond acceptors (Lipinski definition) is 12. The van der Waals surface area contributed by atoms with Crippen LogP contribution in [0.25, 0.3) is 0 Å². The molecule has 0 aliphatic carbocycles. The largest absolute Gasteiger partial charge is 0.465 e. The van der Waals surface area contributed by atoms with Gasteiger partial charge in [0.05, 0.1) is 39.3 Å². The van der Waals surface area contributed by atoms with E-state index in [9.17, 15) is 28.8 Å². The van der Waals surface area contributed by atoms with E-state index in [1.54, 1.807) is 12.2 Å². The fourth-order valence-corrected chi connectivity index (χ4v) is 7.57. The highest BCUT2D eigenvalue weighted by molar-refractivity contribution is 5.72. The Balaban J connectivity index is 2.76. The van der Waals surface area contributed by atoms with Gasteiger partial charge in [0, 0.05) is 37.5 Å². The van der Waals surface area contributed by atoms with Gasteiger partial charge in [0.25, 0.3) is 0 Å². The van der Waals surface area contributed by atoms with Crippen LogP contribution in [0.3, 0.4) is 0 Å². The second-order valence-corrected chi connectivity index (χ2v) is 18.1. The zero-order valence-electron chi connectivity index (χ0n) is 41.4. The number of unbranched alkanes of at least 4 members (excludes halogenated alkanes) is 20. The summed E-state index contributed by atoms with van der Waals surface area (Å²) >= 11 is 0. The predicted molar refractivity (Wildman–Crippen MR) is 253 cm³/mol. The van der Waals surface area contributed by atoms with Crippen LogP contribution in [-0.4, -0.2) is 87.5 Å². The van der Waals surface area contributed by atoms with Crippen molar-refractivity contribution < 1.29 is 62.5 Å². The smallest absolute Gasteiger partial charge is 0.307 e. The number of quaternary nitrogens is 1. The number of nitrogens with two attached hydrogens (primary N) is 1. The van der Waals surface area contributed by atoms with Crippen LogP contribution in [0.4, 0.5) is 0 Å². The van der Waals surface area contributed by atoms with Gasteiger partial charge in [-0.05, 0) is 37.8 Å². The van der Waals surface area contributed by atoms with Crippen molar-refractivity contribution >= 4 is 35.8 Å². The van der Waals surface area contributed by atoms with Crippen LogP contribution >= 0.6 is 0 Å². The highest BCUT2D eigenvalue weighted by atomic mass is 16.6. The highest BCUT2D eigenvalue weighted by Gasteiger charge is 2.26. The number of ether oxygens (including phenoxy) is 6. The average Bonchev–Trinajstić information content (AvgIpc) is 3.51. The molecule has 1 aliphatic heterocycles. The third-order valence-corrected chi connectivity index (χ3v) is 11.7. The molecule has 13 nitrogen and oxygen atoms in total. The molecule has 0 unspecified atom stereocenters. The van der Waals surface area contributed by atoms with E-state index in [0.29, 0.717) is 38.8 Å². The molecule has 0 aromatic heterocycles. The molecule has 13 heteroatoms. The van der Waals surface area contributed by atoms with Crippen LogP contribution < -0.4 is 5.32 Å². The van der Waals surface area contributed by atoms with Crippen LogP contribution in [0.1, 0.15) is 220 Å². The Kier molecular flexibility index (Phi) is 38.4. The lowest BCUT2D eigenvalue weighted by atomic mass is 10.1. The maximum Gasteiger partial charge on any atom is 0.307 e.